The van der Waals surface area contributed by atoms with Gasteiger partial charge in [0.1, 0.15) is 5.82 Å². The number of para-hydroxylation sites is 1. The molecule has 0 aliphatic heterocycles. The Balaban J connectivity index is 2.05. The first kappa shape index (κ1) is 14.5. The minimum absolute atomic E-state index is 0.148. The van der Waals surface area contributed by atoms with Crippen LogP contribution in [0.4, 0.5) is 10.1 Å². The Morgan fingerprint density at radius 2 is 1.79 bits per heavy atom. The van der Waals surface area contributed by atoms with Crippen LogP contribution in [0.25, 0.3) is 0 Å². The summed E-state index contributed by atoms with van der Waals surface area (Å²) in [6, 6.07) is 13.3. The highest BCUT2D eigenvalue weighted by molar-refractivity contribution is 9.10. The standard InChI is InChI=1S/C15H14Br2FN/c1-10(9-11-5-7-12(16)8-6-11)19-15-13(17)3-2-4-14(15)18/h2-8,10,19H,9H2,1H3. The van der Waals surface area contributed by atoms with Crippen molar-refractivity contribution in [2.75, 3.05) is 5.32 Å². The molecule has 0 amide bonds. The minimum Gasteiger partial charge on any atom is -0.379 e. The summed E-state index contributed by atoms with van der Waals surface area (Å²) in [5.74, 6) is -0.239. The topological polar surface area (TPSA) is 12.0 Å². The van der Waals surface area contributed by atoms with E-state index in [0.717, 1.165) is 15.4 Å². The summed E-state index contributed by atoms with van der Waals surface area (Å²) < 4.78 is 15.5. The molecular weight excluding hydrogens is 373 g/mol. The lowest BCUT2D eigenvalue weighted by Gasteiger charge is -2.17. The third-order valence-corrected chi connectivity index (χ3v) is 4.00. The van der Waals surface area contributed by atoms with Crippen LogP contribution in [0, 0.1) is 5.82 Å². The zero-order valence-electron chi connectivity index (χ0n) is 10.5. The van der Waals surface area contributed by atoms with E-state index in [1.165, 1.54) is 11.6 Å². The second-order valence-electron chi connectivity index (χ2n) is 4.47. The summed E-state index contributed by atoms with van der Waals surface area (Å²) in [6.07, 6.45) is 0.841. The minimum atomic E-state index is -0.239. The average molecular weight is 387 g/mol. The van der Waals surface area contributed by atoms with Crippen molar-refractivity contribution in [1.82, 2.24) is 0 Å². The summed E-state index contributed by atoms with van der Waals surface area (Å²) >= 11 is 6.77. The highest BCUT2D eigenvalue weighted by atomic mass is 79.9. The van der Waals surface area contributed by atoms with Crippen molar-refractivity contribution in [3.8, 4) is 0 Å². The number of hydrogen-bond donors (Lipinski definition) is 1. The molecule has 1 atom stereocenters. The molecule has 0 fully saturated rings. The van der Waals surface area contributed by atoms with Crippen molar-refractivity contribution in [3.05, 3.63) is 62.8 Å². The Bertz CT molecular complexity index is 534. The van der Waals surface area contributed by atoms with Gasteiger partial charge in [-0.1, -0.05) is 34.1 Å². The summed E-state index contributed by atoms with van der Waals surface area (Å²) in [6.45, 7) is 2.04. The Morgan fingerprint density at radius 3 is 2.42 bits per heavy atom. The van der Waals surface area contributed by atoms with Crippen LogP contribution in [0.3, 0.4) is 0 Å². The van der Waals surface area contributed by atoms with Crippen LogP contribution in [0.1, 0.15) is 12.5 Å². The maximum atomic E-state index is 13.7. The van der Waals surface area contributed by atoms with Gasteiger partial charge in [-0.3, -0.25) is 0 Å². The molecule has 1 nitrogen and oxygen atoms in total. The molecule has 0 aliphatic carbocycles. The summed E-state index contributed by atoms with van der Waals surface area (Å²) in [7, 11) is 0. The molecule has 0 bridgehead atoms. The van der Waals surface area contributed by atoms with Gasteiger partial charge in [-0.25, -0.2) is 4.39 Å². The fourth-order valence-electron chi connectivity index (χ4n) is 1.91. The number of anilines is 1. The highest BCUT2D eigenvalue weighted by Gasteiger charge is 2.10. The molecule has 0 aliphatic rings. The van der Waals surface area contributed by atoms with Gasteiger partial charge in [0.05, 0.1) is 5.69 Å². The predicted octanol–water partition coefficient (Wildman–Crippen LogP) is 5.39. The molecule has 0 aromatic heterocycles. The highest BCUT2D eigenvalue weighted by Crippen LogP contribution is 2.26. The van der Waals surface area contributed by atoms with Gasteiger partial charge in [-0.15, -0.1) is 0 Å². The lowest BCUT2D eigenvalue weighted by atomic mass is 10.1. The Hall–Kier alpha value is -0.870. The van der Waals surface area contributed by atoms with E-state index in [9.17, 15) is 4.39 Å². The first-order valence-corrected chi connectivity index (χ1v) is 7.60. The zero-order chi connectivity index (χ0) is 13.8. The smallest absolute Gasteiger partial charge is 0.147 e. The van der Waals surface area contributed by atoms with Crippen molar-refractivity contribution >= 4 is 37.5 Å². The third-order valence-electron chi connectivity index (χ3n) is 2.81. The number of rotatable bonds is 4. The Kier molecular flexibility index (Phi) is 4.99. The molecule has 2 aromatic rings. The fourth-order valence-corrected chi connectivity index (χ4v) is 2.63. The average Bonchev–Trinajstić information content (AvgIpc) is 2.37. The molecule has 1 unspecified atom stereocenters. The number of benzene rings is 2. The summed E-state index contributed by atoms with van der Waals surface area (Å²) in [5, 5.41) is 3.21. The summed E-state index contributed by atoms with van der Waals surface area (Å²) in [5.41, 5.74) is 1.74. The van der Waals surface area contributed by atoms with E-state index < -0.39 is 0 Å². The molecular formula is C15H14Br2FN. The van der Waals surface area contributed by atoms with E-state index in [4.69, 9.17) is 0 Å². The quantitative estimate of drug-likeness (QED) is 0.742. The molecule has 0 radical (unpaired) electrons. The maximum Gasteiger partial charge on any atom is 0.147 e. The van der Waals surface area contributed by atoms with Gasteiger partial charge in [-0.05, 0) is 59.1 Å². The maximum absolute atomic E-state index is 13.7. The second-order valence-corrected chi connectivity index (χ2v) is 6.24. The van der Waals surface area contributed by atoms with Crippen LogP contribution >= 0.6 is 31.9 Å². The first-order chi connectivity index (χ1) is 9.06. The predicted molar refractivity (Wildman–Crippen MR) is 85.0 cm³/mol. The molecule has 1 N–H and O–H groups in total. The van der Waals surface area contributed by atoms with Crippen molar-refractivity contribution in [1.29, 1.82) is 0 Å². The molecule has 2 rings (SSSR count). The SMILES string of the molecule is CC(Cc1ccc(Br)cc1)Nc1c(F)cccc1Br. The van der Waals surface area contributed by atoms with Crippen LogP contribution in [0.15, 0.2) is 51.4 Å². The number of halogens is 3. The first-order valence-electron chi connectivity index (χ1n) is 6.01. The van der Waals surface area contributed by atoms with E-state index >= 15 is 0 Å². The number of hydrogen-bond acceptors (Lipinski definition) is 1. The lowest BCUT2D eigenvalue weighted by Crippen LogP contribution is -2.19. The van der Waals surface area contributed by atoms with Crippen molar-refractivity contribution in [3.63, 3.8) is 0 Å². The van der Waals surface area contributed by atoms with Gasteiger partial charge in [0.2, 0.25) is 0 Å². The molecule has 19 heavy (non-hydrogen) atoms. The van der Waals surface area contributed by atoms with Gasteiger partial charge in [-0.2, -0.15) is 0 Å². The van der Waals surface area contributed by atoms with Crippen LogP contribution in [0.5, 0.6) is 0 Å². The molecule has 100 valence electrons. The van der Waals surface area contributed by atoms with Gasteiger partial charge in [0, 0.05) is 15.0 Å². The lowest BCUT2D eigenvalue weighted by molar-refractivity contribution is 0.625. The van der Waals surface area contributed by atoms with Crippen LogP contribution < -0.4 is 5.32 Å². The molecule has 0 saturated heterocycles. The Morgan fingerprint density at radius 1 is 1.11 bits per heavy atom. The van der Waals surface area contributed by atoms with Gasteiger partial charge < -0.3 is 5.32 Å². The van der Waals surface area contributed by atoms with Crippen molar-refractivity contribution in [2.45, 2.75) is 19.4 Å². The monoisotopic (exact) mass is 385 g/mol. The second kappa shape index (κ2) is 6.53. The zero-order valence-corrected chi connectivity index (χ0v) is 13.6. The van der Waals surface area contributed by atoms with Crippen LogP contribution in [-0.2, 0) is 6.42 Å². The largest absolute Gasteiger partial charge is 0.379 e. The fraction of sp³-hybridized carbons (Fsp3) is 0.200. The van der Waals surface area contributed by atoms with Crippen LogP contribution in [-0.4, -0.2) is 6.04 Å². The van der Waals surface area contributed by atoms with Crippen LogP contribution in [0.2, 0.25) is 0 Å². The van der Waals surface area contributed by atoms with Gasteiger partial charge >= 0.3 is 0 Å². The number of nitrogens with one attached hydrogen (secondary N) is 1. The van der Waals surface area contributed by atoms with Gasteiger partial charge in [0.25, 0.3) is 0 Å². The van der Waals surface area contributed by atoms with E-state index in [1.807, 2.05) is 25.1 Å². The molecule has 0 saturated carbocycles. The normalized spacial score (nSPS) is 12.2. The third kappa shape index (κ3) is 4.05. The molecule has 0 heterocycles. The van der Waals surface area contributed by atoms with E-state index in [2.05, 4.69) is 49.3 Å². The van der Waals surface area contributed by atoms with E-state index in [0.29, 0.717) is 5.69 Å². The molecule has 2 aromatic carbocycles. The molecule has 4 heteroatoms. The molecule has 0 spiro atoms. The Labute approximate surface area is 129 Å². The van der Waals surface area contributed by atoms with Crippen molar-refractivity contribution in [2.24, 2.45) is 0 Å². The van der Waals surface area contributed by atoms with Gasteiger partial charge in [0.15, 0.2) is 0 Å². The van der Waals surface area contributed by atoms with E-state index in [-0.39, 0.29) is 11.9 Å². The van der Waals surface area contributed by atoms with E-state index in [1.54, 1.807) is 6.07 Å². The summed E-state index contributed by atoms with van der Waals surface area (Å²) in [4.78, 5) is 0. The van der Waals surface area contributed by atoms with Crippen molar-refractivity contribution < 1.29 is 4.39 Å².